The summed E-state index contributed by atoms with van der Waals surface area (Å²) in [6, 6.07) is 0. The molecule has 39 heavy (non-hydrogen) atoms. The first-order valence-electron chi connectivity index (χ1n) is 6.50. The van der Waals surface area contributed by atoms with Crippen molar-refractivity contribution in [2.75, 3.05) is 0 Å². The van der Waals surface area contributed by atoms with Crippen molar-refractivity contribution < 1.29 is 0 Å². The Morgan fingerprint density at radius 2 is 0.154 bits per heavy atom. The van der Waals surface area contributed by atoms with E-state index in [0.717, 1.165) is 0 Å². The molecule has 1 rings (SSSR count). The van der Waals surface area contributed by atoms with E-state index < -0.39 is 0 Å². The molecule has 0 heteroatoms. The van der Waals surface area contributed by atoms with Gasteiger partial charge in [-0.3, -0.25) is 0 Å². The Morgan fingerprint density at radius 1 is 0.128 bits per heavy atom. The fourth-order valence-corrected chi connectivity index (χ4v) is 0.250. The van der Waals surface area contributed by atoms with Gasteiger partial charge in [-0.25, -0.2) is 0 Å². The van der Waals surface area contributed by atoms with Gasteiger partial charge in [0.05, 0.1) is 0 Å². The molecule has 0 aromatic rings. The fourth-order valence-electron chi connectivity index (χ4n) is 0.250. The Labute approximate surface area is 270 Å². The van der Waals surface area contributed by atoms with Gasteiger partial charge in [-0.15, -0.1) is 118 Å². The third-order valence-corrected chi connectivity index (χ3v) is 1.000. The number of hydrogen-bond donors (Lipinski definition) is 0. The van der Waals surface area contributed by atoms with Crippen molar-refractivity contribution in [3.8, 4) is 0 Å². The molecular weight excluding hydrogens is 468 g/mol. The Morgan fingerprint density at radius 3 is 0.154 bits per heavy atom. The highest BCUT2D eigenvalue weighted by molar-refractivity contribution is 4.50. The monoisotopic (exact) mass is 581 g/mol. The van der Waals surface area contributed by atoms with Crippen molar-refractivity contribution in [3.63, 3.8) is 0 Å². The Bertz CT molecular complexity index is 59.7. The molecule has 1 aliphatic carbocycles. The van der Waals surface area contributed by atoms with Crippen LogP contribution >= 0.6 is 0 Å². The van der Waals surface area contributed by atoms with Gasteiger partial charge in [0.25, 0.3) is 0 Å². The smallest absolute Gasteiger partial charge is 0.0533 e. The lowest BCUT2D eigenvalue weighted by Crippen LogP contribution is -1.85. The third kappa shape index (κ3) is 14700. The largest absolute Gasteiger partial charge is 0.106 e. The van der Waals surface area contributed by atoms with Crippen LogP contribution in [0.1, 0.15) is 152 Å². The Hall–Kier alpha value is -2.34. The molecule has 1 fully saturated rings. The van der Waals surface area contributed by atoms with E-state index in [1.807, 2.05) is 0 Å². The molecule has 0 aromatic heterocycles. The summed E-state index contributed by atoms with van der Waals surface area (Å²) in [5, 5.41) is 0. The summed E-state index contributed by atoms with van der Waals surface area (Å²) in [6.45, 7) is 54.0. The van der Waals surface area contributed by atoms with Crippen LogP contribution < -0.4 is 0 Å². The van der Waals surface area contributed by atoms with Gasteiger partial charge >= 0.3 is 0 Å². The molecular formula is C39H112. The predicted octanol–water partition coefficient (Wildman–Crippen LogP) is 19.6. The zero-order valence-corrected chi connectivity index (χ0v) is 15.6. The predicted molar refractivity (Wildman–Crippen MR) is 234 cm³/mol. The van der Waals surface area contributed by atoms with Gasteiger partial charge in [-0.1, -0.05) is 152 Å². The van der Waals surface area contributed by atoms with E-state index in [-0.39, 0.29) is 126 Å². The number of rotatable bonds is 0. The van der Waals surface area contributed by atoms with E-state index in [0.29, 0.717) is 0 Å². The van der Waals surface area contributed by atoms with Crippen LogP contribution in [0.2, 0.25) is 0 Å². The molecule has 0 aromatic carbocycles. The maximum Gasteiger partial charge on any atom is -0.0533 e. The second-order valence-corrected chi connectivity index (χ2v) is 1.41. The van der Waals surface area contributed by atoms with Gasteiger partial charge in [0.1, 0.15) is 0 Å². The molecule has 0 spiro atoms. The Kier molecular flexibility index (Phi) is 164000. The molecule has 0 N–H and O–H groups in total. The lowest BCUT2D eigenvalue weighted by Gasteiger charge is -2.05. The van der Waals surface area contributed by atoms with Gasteiger partial charge in [-0.05, 0) is 0 Å². The van der Waals surface area contributed by atoms with Crippen LogP contribution in [0.4, 0.5) is 0 Å². The quantitative estimate of drug-likeness (QED) is 0.250. The van der Waals surface area contributed by atoms with Gasteiger partial charge in [0.15, 0.2) is 0 Å². The highest BCUT2D eigenvalue weighted by Gasteiger charge is 1.95. The Balaban J connectivity index is -0.00000000194. The van der Waals surface area contributed by atoms with Crippen molar-refractivity contribution in [1.82, 2.24) is 0 Å². The van der Waals surface area contributed by atoms with Gasteiger partial charge in [-0.2, -0.15) is 0 Å². The lowest BCUT2D eigenvalue weighted by atomic mass is 10.0. The average Bonchev–Trinajstić information content (AvgIpc) is 2.68. The highest BCUT2D eigenvalue weighted by Crippen LogP contribution is 2.15. The van der Waals surface area contributed by atoms with Crippen molar-refractivity contribution >= 4 is 0 Å². The maximum absolute atomic E-state index is 3.00. The van der Waals surface area contributed by atoms with Crippen LogP contribution in [0.15, 0.2) is 118 Å². The summed E-state index contributed by atoms with van der Waals surface area (Å²) in [7, 11) is 0. The molecule has 0 bridgehead atoms. The highest BCUT2D eigenvalue weighted by atomic mass is 14.0. The van der Waals surface area contributed by atoms with E-state index >= 15 is 0 Å². The molecule has 0 nitrogen and oxygen atoms in total. The minimum absolute atomic E-state index is 0. The SMILES string of the molecule is C.C.C.C.C.C.C.C.C.C.C.C.C.C.C.C.C.C1CCC1.C=C.C=C.C=C.C=C.C=C.C=C.C=C.C=C.C=C. The summed E-state index contributed by atoms with van der Waals surface area (Å²) in [4.78, 5) is 0. The minimum atomic E-state index is 0. The average molecular weight is 581 g/mol. The van der Waals surface area contributed by atoms with Gasteiger partial charge in [0.2, 0.25) is 0 Å². The molecule has 1 saturated carbocycles. The molecule has 0 aliphatic heterocycles. The normalized spacial score (nSPS) is 3.38. The molecule has 0 heterocycles. The number of hydrogen-bond acceptors (Lipinski definition) is 0. The summed E-state index contributed by atoms with van der Waals surface area (Å²) in [5.74, 6) is 0. The first kappa shape index (κ1) is 410. The minimum Gasteiger partial charge on any atom is -0.106 e. The summed E-state index contributed by atoms with van der Waals surface area (Å²) in [5.41, 5.74) is 0. The van der Waals surface area contributed by atoms with Crippen LogP contribution in [-0.4, -0.2) is 0 Å². The zero-order valence-electron chi connectivity index (χ0n) is 15.6. The van der Waals surface area contributed by atoms with Crippen molar-refractivity contribution in [3.05, 3.63) is 118 Å². The van der Waals surface area contributed by atoms with Gasteiger partial charge in [0, 0.05) is 0 Å². The van der Waals surface area contributed by atoms with Crippen molar-refractivity contribution in [1.29, 1.82) is 0 Å². The lowest BCUT2D eigenvalue weighted by molar-refractivity contribution is 0.504. The van der Waals surface area contributed by atoms with Crippen LogP contribution in [0.5, 0.6) is 0 Å². The van der Waals surface area contributed by atoms with Crippen LogP contribution in [0.3, 0.4) is 0 Å². The molecule has 0 atom stereocenters. The molecule has 1 aliphatic rings. The topological polar surface area (TPSA) is 0 Å². The second kappa shape index (κ2) is 15500. The standard InChI is InChI=1S/C4H8.9C2H4.17CH4/c1-2-4-3-1;9*1-2;;;;;;;;;;;;;;;;;/h1-4H2;9*1-2H2;17*1H4. The van der Waals surface area contributed by atoms with Crippen LogP contribution in [0.25, 0.3) is 0 Å². The summed E-state index contributed by atoms with van der Waals surface area (Å²) >= 11 is 0. The zero-order chi connectivity index (χ0) is 20.8. The van der Waals surface area contributed by atoms with Crippen LogP contribution in [0, 0.1) is 0 Å². The third-order valence-electron chi connectivity index (χ3n) is 1.000. The van der Waals surface area contributed by atoms with E-state index in [2.05, 4.69) is 118 Å². The van der Waals surface area contributed by atoms with E-state index in [9.17, 15) is 0 Å². The van der Waals surface area contributed by atoms with E-state index in [1.165, 1.54) is 25.7 Å². The first-order valence-corrected chi connectivity index (χ1v) is 6.50. The van der Waals surface area contributed by atoms with E-state index in [1.54, 1.807) is 0 Å². The van der Waals surface area contributed by atoms with Crippen LogP contribution in [-0.2, 0) is 0 Å². The first-order chi connectivity index (χ1) is 11.0. The molecule has 0 unspecified atom stereocenters. The molecule has 0 radical (unpaired) electrons. The summed E-state index contributed by atoms with van der Waals surface area (Å²) in [6.07, 6.45) is 6.00. The van der Waals surface area contributed by atoms with Crippen molar-refractivity contribution in [2.24, 2.45) is 0 Å². The fraction of sp³-hybridized carbons (Fsp3) is 0.538. The van der Waals surface area contributed by atoms with Gasteiger partial charge < -0.3 is 0 Å². The maximum atomic E-state index is 3.00. The summed E-state index contributed by atoms with van der Waals surface area (Å²) < 4.78 is 0. The van der Waals surface area contributed by atoms with E-state index in [4.69, 9.17) is 0 Å². The van der Waals surface area contributed by atoms with Crippen molar-refractivity contribution in [2.45, 2.75) is 152 Å². The second-order valence-electron chi connectivity index (χ2n) is 1.41. The molecule has 268 valence electrons. The molecule has 0 saturated heterocycles. The molecule has 0 amide bonds.